The topological polar surface area (TPSA) is 137 Å². The van der Waals surface area contributed by atoms with Gasteiger partial charge in [0, 0.05) is 69.4 Å². The van der Waals surface area contributed by atoms with Crippen LogP contribution in [-0.2, 0) is 27.2 Å². The number of anilines is 2. The minimum atomic E-state index is -1.06. The second-order valence-electron chi connectivity index (χ2n) is 14.8. The van der Waals surface area contributed by atoms with Crippen LogP contribution in [0.2, 0.25) is 0 Å². The standard InChI is InChI=1S/C36H47FN8O4/c1-36(22-49-2)13-9-28-30(17-36)41-42-33(28)35(48)39-25-18-38-45(20-25)31-12-14-43(21-29(31)37)19-23-10-15-44(16-11-23)26-5-3-24(4-6-26)27-7-8-32(46)40-34(27)47/h3-6,18,20,23,27,29,31H,7-17,19,21-22H2,1-2H3,(H,39,48)(H,41,42)(H,40,46,47)/t27?,29-,31-,36+/m0/s1. The lowest BCUT2D eigenvalue weighted by molar-refractivity contribution is -0.134. The van der Waals surface area contributed by atoms with Crippen LogP contribution in [0.1, 0.15) is 84.7 Å². The molecule has 5 heterocycles. The second kappa shape index (κ2) is 14.0. The molecule has 13 heteroatoms. The first-order valence-electron chi connectivity index (χ1n) is 17.6. The molecule has 1 aliphatic carbocycles. The quantitative estimate of drug-likeness (QED) is 0.290. The lowest BCUT2D eigenvalue weighted by Gasteiger charge is -2.39. The first kappa shape index (κ1) is 33.4. The summed E-state index contributed by atoms with van der Waals surface area (Å²) in [5, 5.41) is 17.2. The van der Waals surface area contributed by atoms with Gasteiger partial charge in [-0.25, -0.2) is 4.39 Å². The number of halogens is 1. The van der Waals surface area contributed by atoms with Crippen molar-refractivity contribution >= 4 is 29.1 Å². The number of ether oxygens (including phenoxy) is 1. The van der Waals surface area contributed by atoms with Crippen molar-refractivity contribution in [2.24, 2.45) is 11.3 Å². The fourth-order valence-electron chi connectivity index (χ4n) is 8.28. The monoisotopic (exact) mass is 674 g/mol. The smallest absolute Gasteiger partial charge is 0.276 e. The van der Waals surface area contributed by atoms with E-state index in [1.807, 2.05) is 12.1 Å². The number of carbonyl (C=O) groups excluding carboxylic acids is 3. The zero-order valence-electron chi connectivity index (χ0n) is 28.4. The number of H-pyrrole nitrogens is 1. The molecule has 0 bridgehead atoms. The number of hydrogen-bond acceptors (Lipinski definition) is 8. The minimum absolute atomic E-state index is 0.0241. The molecule has 0 radical (unpaired) electrons. The maximum Gasteiger partial charge on any atom is 0.276 e. The van der Waals surface area contributed by atoms with E-state index in [9.17, 15) is 14.4 Å². The molecule has 12 nitrogen and oxygen atoms in total. The molecule has 0 spiro atoms. The summed E-state index contributed by atoms with van der Waals surface area (Å²) < 4.78 is 22.6. The van der Waals surface area contributed by atoms with Crippen LogP contribution < -0.4 is 15.5 Å². The molecule has 1 aromatic carbocycles. The third-order valence-electron chi connectivity index (χ3n) is 11.1. The Morgan fingerprint density at radius 1 is 1.10 bits per heavy atom. The van der Waals surface area contributed by atoms with E-state index in [2.05, 4.69) is 54.8 Å². The van der Waals surface area contributed by atoms with Gasteiger partial charge in [-0.05, 0) is 74.0 Å². The molecule has 3 N–H and O–H groups in total. The highest BCUT2D eigenvalue weighted by Crippen LogP contribution is 2.36. The van der Waals surface area contributed by atoms with Crippen molar-refractivity contribution < 1.29 is 23.5 Å². The van der Waals surface area contributed by atoms with E-state index in [1.54, 1.807) is 24.2 Å². The van der Waals surface area contributed by atoms with Gasteiger partial charge in [-0.3, -0.25) is 29.5 Å². The predicted octanol–water partition coefficient (Wildman–Crippen LogP) is 4.02. The molecule has 49 heavy (non-hydrogen) atoms. The van der Waals surface area contributed by atoms with Crippen LogP contribution in [0.15, 0.2) is 36.7 Å². The largest absolute Gasteiger partial charge is 0.384 e. The normalized spacial score (nSPS) is 26.8. The van der Waals surface area contributed by atoms with E-state index >= 15 is 4.39 Å². The van der Waals surface area contributed by atoms with E-state index in [4.69, 9.17) is 4.74 Å². The summed E-state index contributed by atoms with van der Waals surface area (Å²) >= 11 is 0. The van der Waals surface area contributed by atoms with Gasteiger partial charge in [0.05, 0.1) is 30.5 Å². The molecule has 1 unspecified atom stereocenters. The lowest BCUT2D eigenvalue weighted by atomic mass is 9.75. The zero-order valence-corrected chi connectivity index (χ0v) is 28.4. The van der Waals surface area contributed by atoms with Crippen molar-refractivity contribution in [3.63, 3.8) is 0 Å². The van der Waals surface area contributed by atoms with Crippen LogP contribution in [0, 0.1) is 11.3 Å². The van der Waals surface area contributed by atoms with Gasteiger partial charge in [0.2, 0.25) is 11.8 Å². The van der Waals surface area contributed by atoms with Gasteiger partial charge >= 0.3 is 0 Å². The Morgan fingerprint density at radius 3 is 2.63 bits per heavy atom. The molecule has 7 rings (SSSR count). The molecule has 262 valence electrons. The number of carbonyl (C=O) groups is 3. The fourth-order valence-corrected chi connectivity index (χ4v) is 8.28. The van der Waals surface area contributed by atoms with E-state index in [-0.39, 0.29) is 35.1 Å². The summed E-state index contributed by atoms with van der Waals surface area (Å²) in [6, 6.07) is 7.80. The van der Waals surface area contributed by atoms with Gasteiger partial charge in [0.1, 0.15) is 6.17 Å². The summed E-state index contributed by atoms with van der Waals surface area (Å²) in [6.07, 6.45) is 8.39. The highest BCUT2D eigenvalue weighted by molar-refractivity contribution is 6.04. The van der Waals surface area contributed by atoms with Crippen molar-refractivity contribution in [1.29, 1.82) is 0 Å². The number of imide groups is 1. The number of methoxy groups -OCH3 is 1. The maximum absolute atomic E-state index is 15.6. The number of fused-ring (bicyclic) bond motifs is 1. The Balaban J connectivity index is 0.866. The van der Waals surface area contributed by atoms with Crippen molar-refractivity contribution in [1.82, 2.24) is 30.2 Å². The van der Waals surface area contributed by atoms with Crippen LogP contribution in [0.3, 0.4) is 0 Å². The van der Waals surface area contributed by atoms with Crippen LogP contribution in [0.5, 0.6) is 0 Å². The summed E-state index contributed by atoms with van der Waals surface area (Å²) in [6.45, 7) is 6.78. The molecular formula is C36H47FN8O4. The van der Waals surface area contributed by atoms with E-state index in [1.165, 1.54) is 0 Å². The Hall–Kier alpha value is -4.10. The summed E-state index contributed by atoms with van der Waals surface area (Å²) in [4.78, 5) is 41.5. The van der Waals surface area contributed by atoms with Gasteiger partial charge < -0.3 is 19.9 Å². The third-order valence-corrected chi connectivity index (χ3v) is 11.1. The van der Waals surface area contributed by atoms with E-state index < -0.39 is 6.17 Å². The summed E-state index contributed by atoms with van der Waals surface area (Å²) in [5.74, 6) is -0.449. The Labute approximate surface area is 286 Å². The zero-order chi connectivity index (χ0) is 34.1. The first-order chi connectivity index (χ1) is 23.7. The van der Waals surface area contributed by atoms with Crippen LogP contribution in [0.4, 0.5) is 15.8 Å². The Kier molecular flexibility index (Phi) is 9.56. The van der Waals surface area contributed by atoms with Gasteiger partial charge in [-0.2, -0.15) is 10.2 Å². The number of rotatable bonds is 9. The van der Waals surface area contributed by atoms with E-state index in [0.717, 1.165) is 80.8 Å². The Bertz CT molecular complexity index is 1660. The third kappa shape index (κ3) is 7.28. The number of benzene rings is 1. The van der Waals surface area contributed by atoms with Crippen molar-refractivity contribution in [3.8, 4) is 0 Å². The molecule has 3 aliphatic heterocycles. The number of nitrogens with one attached hydrogen (secondary N) is 3. The Morgan fingerprint density at radius 2 is 1.90 bits per heavy atom. The van der Waals surface area contributed by atoms with Crippen LogP contribution in [0.25, 0.3) is 0 Å². The number of amides is 3. The minimum Gasteiger partial charge on any atom is -0.384 e. The highest BCUT2D eigenvalue weighted by atomic mass is 19.1. The van der Waals surface area contributed by atoms with Gasteiger partial charge in [-0.15, -0.1) is 0 Å². The summed E-state index contributed by atoms with van der Waals surface area (Å²) in [7, 11) is 1.71. The second-order valence-corrected chi connectivity index (χ2v) is 14.8. The maximum atomic E-state index is 15.6. The van der Waals surface area contributed by atoms with Crippen LogP contribution >= 0.6 is 0 Å². The van der Waals surface area contributed by atoms with E-state index in [0.29, 0.717) is 49.7 Å². The number of likely N-dealkylation sites (tertiary alicyclic amines) is 1. The lowest BCUT2D eigenvalue weighted by Crippen LogP contribution is -2.46. The van der Waals surface area contributed by atoms with Crippen LogP contribution in [-0.4, -0.2) is 95.2 Å². The SMILES string of the molecule is COC[C@]1(C)CCc2c(C(=O)Nc3cnn([C@H]4CCN(CC5CCN(c6ccc(C7CCC(=O)NC7=O)cc6)CC5)C[C@@H]4F)c3)n[nH]c2C1. The first-order valence-corrected chi connectivity index (χ1v) is 17.6. The van der Waals surface area contributed by atoms with Crippen molar-refractivity contribution in [2.75, 3.05) is 56.7 Å². The molecular weight excluding hydrogens is 627 g/mol. The molecule has 0 saturated carbocycles. The van der Waals surface area contributed by atoms with Gasteiger partial charge in [0.15, 0.2) is 5.69 Å². The number of piperidine rings is 3. The average Bonchev–Trinajstić information content (AvgIpc) is 3.72. The fraction of sp³-hybridized carbons (Fsp3) is 0.583. The van der Waals surface area contributed by atoms with Gasteiger partial charge in [0.25, 0.3) is 5.91 Å². The molecule has 3 fully saturated rings. The number of hydrogen-bond donors (Lipinski definition) is 3. The molecule has 3 saturated heterocycles. The molecule has 4 atom stereocenters. The summed E-state index contributed by atoms with van der Waals surface area (Å²) in [5.41, 5.74) is 5.01. The van der Waals surface area contributed by atoms with Crippen molar-refractivity contribution in [2.45, 2.75) is 76.4 Å². The number of nitrogens with zero attached hydrogens (tertiary/aromatic N) is 5. The highest BCUT2D eigenvalue weighted by Gasteiger charge is 2.35. The van der Waals surface area contributed by atoms with Gasteiger partial charge in [-0.1, -0.05) is 19.1 Å². The number of aromatic nitrogens is 4. The number of alkyl halides is 1. The predicted molar refractivity (Wildman–Crippen MR) is 182 cm³/mol. The molecule has 3 amide bonds. The molecule has 2 aromatic heterocycles. The average molecular weight is 675 g/mol. The molecule has 3 aromatic rings. The van der Waals surface area contributed by atoms with Crippen molar-refractivity contribution in [3.05, 3.63) is 59.2 Å². The molecule has 4 aliphatic rings. The number of aromatic amines is 1.